The summed E-state index contributed by atoms with van der Waals surface area (Å²) in [4.78, 5) is 0. The van der Waals surface area contributed by atoms with Gasteiger partial charge in [0, 0.05) is 0 Å². The van der Waals surface area contributed by atoms with E-state index >= 15 is 0 Å². The maximum atomic E-state index is 2.63. The van der Waals surface area contributed by atoms with Gasteiger partial charge in [-0.3, -0.25) is 0 Å². The molecule has 0 heterocycles. The fraction of sp³-hybridized carbons (Fsp3) is 0.100. The van der Waals surface area contributed by atoms with Gasteiger partial charge < -0.3 is 0 Å². The summed E-state index contributed by atoms with van der Waals surface area (Å²) in [5, 5.41) is 1.24. The molecule has 0 aromatic heterocycles. The lowest BCUT2D eigenvalue weighted by atomic mass is 10.0. The van der Waals surface area contributed by atoms with Crippen LogP contribution in [0.5, 0.6) is 0 Å². The first-order chi connectivity index (χ1) is 10.2. The fourth-order valence-corrected chi connectivity index (χ4v) is 2.21. The van der Waals surface area contributed by atoms with E-state index in [1.54, 1.807) is 0 Å². The minimum Gasteiger partial charge on any atom is -0.147 e. The minimum absolute atomic E-state index is 0. The van der Waals surface area contributed by atoms with Crippen LogP contribution in [0.1, 0.15) is 16.7 Å². The van der Waals surface area contributed by atoms with Crippen molar-refractivity contribution < 1.29 is 0 Å². The van der Waals surface area contributed by atoms with Crippen LogP contribution in [-0.2, 0) is 6.42 Å². The highest BCUT2D eigenvalue weighted by Crippen LogP contribution is 2.09. The van der Waals surface area contributed by atoms with E-state index in [4.69, 9.17) is 0 Å². The summed E-state index contributed by atoms with van der Waals surface area (Å²) in [5.74, 6) is 0. The molecular weight excluding hydrogens is 307 g/mol. The smallest absolute Gasteiger partial charge is 0.00258 e. The van der Waals surface area contributed by atoms with Gasteiger partial charge >= 0.3 is 0 Å². The van der Waals surface area contributed by atoms with E-state index in [1.165, 1.54) is 22.0 Å². The topological polar surface area (TPSA) is 0 Å². The van der Waals surface area contributed by atoms with Crippen molar-refractivity contribution in [1.82, 2.24) is 0 Å². The van der Waals surface area contributed by atoms with Crippen molar-refractivity contribution in [2.24, 2.45) is 0 Å². The Bertz CT molecular complexity index is 634. The molecule has 0 saturated heterocycles. The van der Waals surface area contributed by atoms with E-state index < -0.39 is 0 Å². The summed E-state index contributed by atoms with van der Waals surface area (Å²) in [7, 11) is 2.63. The van der Waals surface area contributed by atoms with E-state index in [9.17, 15) is 0 Å². The van der Waals surface area contributed by atoms with Crippen molar-refractivity contribution in [2.45, 2.75) is 13.3 Å². The van der Waals surface area contributed by atoms with Gasteiger partial charge in [0.2, 0.25) is 0 Å². The normalized spacial score (nSPS) is 9.18. The standard InChI is InChI=1S/C14H14.C6H7P.ClH/c1-12-7-9-14(10-8-12)11-13-5-3-2-4-6-13;7-6-4-2-1-3-5-6;/h2-10H,11H2,1H3;1-5H,7H2;1H. The molecule has 0 saturated carbocycles. The van der Waals surface area contributed by atoms with Crippen LogP contribution in [0.3, 0.4) is 0 Å². The molecule has 0 radical (unpaired) electrons. The average Bonchev–Trinajstić information content (AvgIpc) is 2.52. The number of benzene rings is 3. The SMILES string of the molecule is Cc1ccc(Cc2ccccc2)cc1.Cl.Pc1ccccc1. The van der Waals surface area contributed by atoms with Crippen molar-refractivity contribution in [3.05, 3.63) is 102 Å². The summed E-state index contributed by atoms with van der Waals surface area (Å²) in [6, 6.07) is 29.4. The highest BCUT2D eigenvalue weighted by atomic mass is 35.5. The van der Waals surface area contributed by atoms with E-state index in [0.717, 1.165) is 6.42 Å². The van der Waals surface area contributed by atoms with E-state index in [2.05, 4.69) is 70.8 Å². The summed E-state index contributed by atoms with van der Waals surface area (Å²) < 4.78 is 0. The quantitative estimate of drug-likeness (QED) is 0.568. The zero-order chi connectivity index (χ0) is 14.9. The zero-order valence-corrected chi connectivity index (χ0v) is 14.7. The van der Waals surface area contributed by atoms with Gasteiger partial charge in [-0.05, 0) is 29.8 Å². The lowest BCUT2D eigenvalue weighted by molar-refractivity contribution is 1.19. The first-order valence-corrected chi connectivity index (χ1v) is 7.72. The summed E-state index contributed by atoms with van der Waals surface area (Å²) in [6.45, 7) is 2.12. The molecule has 3 aromatic carbocycles. The van der Waals surface area contributed by atoms with Crippen LogP contribution in [0.2, 0.25) is 0 Å². The number of halogens is 1. The van der Waals surface area contributed by atoms with Crippen LogP contribution in [0.4, 0.5) is 0 Å². The van der Waals surface area contributed by atoms with Crippen LogP contribution in [0, 0.1) is 6.92 Å². The highest BCUT2D eigenvalue weighted by molar-refractivity contribution is 7.27. The van der Waals surface area contributed by atoms with Crippen molar-refractivity contribution >= 4 is 27.0 Å². The van der Waals surface area contributed by atoms with E-state index in [-0.39, 0.29) is 12.4 Å². The Hall–Kier alpha value is -1.62. The highest BCUT2D eigenvalue weighted by Gasteiger charge is 1.94. The molecule has 1 unspecified atom stereocenters. The Labute approximate surface area is 142 Å². The van der Waals surface area contributed by atoms with Gasteiger partial charge in [-0.2, -0.15) is 0 Å². The molecule has 0 amide bonds. The Morgan fingerprint density at radius 2 is 1.09 bits per heavy atom. The van der Waals surface area contributed by atoms with Crippen LogP contribution in [0.25, 0.3) is 0 Å². The second kappa shape index (κ2) is 10.2. The van der Waals surface area contributed by atoms with Gasteiger partial charge in [0.25, 0.3) is 0 Å². The maximum Gasteiger partial charge on any atom is -0.00258 e. The molecule has 0 N–H and O–H groups in total. The van der Waals surface area contributed by atoms with Crippen LogP contribution < -0.4 is 5.30 Å². The molecule has 0 bridgehead atoms. The van der Waals surface area contributed by atoms with Crippen LogP contribution in [-0.4, -0.2) is 0 Å². The number of hydrogen-bond donors (Lipinski definition) is 0. The second-order valence-corrected chi connectivity index (χ2v) is 5.73. The lowest BCUT2D eigenvalue weighted by Gasteiger charge is -2.01. The van der Waals surface area contributed by atoms with Crippen molar-refractivity contribution in [2.75, 3.05) is 0 Å². The Morgan fingerprint density at radius 3 is 1.55 bits per heavy atom. The predicted octanol–water partition coefficient (Wildman–Crippen LogP) is 5.19. The lowest BCUT2D eigenvalue weighted by Crippen LogP contribution is -1.86. The molecule has 0 nitrogen and oxygen atoms in total. The molecule has 0 spiro atoms. The summed E-state index contributed by atoms with van der Waals surface area (Å²) >= 11 is 0. The van der Waals surface area contributed by atoms with Gasteiger partial charge in [0.15, 0.2) is 0 Å². The van der Waals surface area contributed by atoms with Gasteiger partial charge in [-0.25, -0.2) is 0 Å². The van der Waals surface area contributed by atoms with Gasteiger partial charge in [0.05, 0.1) is 0 Å². The molecule has 0 fully saturated rings. The number of aryl methyl sites for hydroxylation is 1. The van der Waals surface area contributed by atoms with E-state index in [1.807, 2.05) is 30.3 Å². The van der Waals surface area contributed by atoms with Crippen LogP contribution >= 0.6 is 21.6 Å². The Kier molecular flexibility index (Phi) is 8.51. The average molecular weight is 329 g/mol. The number of rotatable bonds is 2. The largest absolute Gasteiger partial charge is 0.147 e. The molecule has 0 aliphatic carbocycles. The molecule has 0 aliphatic heterocycles. The first-order valence-electron chi connectivity index (χ1n) is 7.14. The van der Waals surface area contributed by atoms with Crippen molar-refractivity contribution in [1.29, 1.82) is 0 Å². The molecule has 2 heteroatoms. The van der Waals surface area contributed by atoms with Gasteiger partial charge in [0.1, 0.15) is 0 Å². The fourth-order valence-electron chi connectivity index (χ4n) is 1.99. The first kappa shape index (κ1) is 18.4. The molecule has 1 atom stereocenters. The molecular formula is C20H22ClP. The van der Waals surface area contributed by atoms with Crippen LogP contribution in [0.15, 0.2) is 84.9 Å². The van der Waals surface area contributed by atoms with Crippen molar-refractivity contribution in [3.63, 3.8) is 0 Å². The van der Waals surface area contributed by atoms with Crippen molar-refractivity contribution in [3.8, 4) is 0 Å². The molecule has 3 aromatic rings. The second-order valence-electron chi connectivity index (χ2n) is 5.06. The third-order valence-corrected chi connectivity index (χ3v) is 3.56. The minimum atomic E-state index is 0. The maximum absolute atomic E-state index is 2.63. The summed E-state index contributed by atoms with van der Waals surface area (Å²) in [6.07, 6.45) is 1.03. The summed E-state index contributed by atoms with van der Waals surface area (Å²) in [5.41, 5.74) is 4.07. The Balaban J connectivity index is 0.000000258. The van der Waals surface area contributed by atoms with E-state index in [0.29, 0.717) is 0 Å². The molecule has 22 heavy (non-hydrogen) atoms. The predicted molar refractivity (Wildman–Crippen MR) is 103 cm³/mol. The third kappa shape index (κ3) is 6.89. The van der Waals surface area contributed by atoms with Gasteiger partial charge in [-0.1, -0.05) is 90.5 Å². The zero-order valence-electron chi connectivity index (χ0n) is 12.8. The number of hydrogen-bond acceptors (Lipinski definition) is 0. The third-order valence-electron chi connectivity index (χ3n) is 3.17. The molecule has 0 aliphatic rings. The molecule has 3 rings (SSSR count). The monoisotopic (exact) mass is 328 g/mol. The molecule has 114 valence electrons. The Morgan fingerprint density at radius 1 is 0.636 bits per heavy atom. The van der Waals surface area contributed by atoms with Gasteiger partial charge in [-0.15, -0.1) is 21.6 Å².